The molecule has 25 heavy (non-hydrogen) atoms. The normalized spacial score (nSPS) is 10.1. The fourth-order valence-electron chi connectivity index (χ4n) is 2.03. The number of aromatic nitrogens is 1. The van der Waals surface area contributed by atoms with Crippen LogP contribution in [0.1, 0.15) is 5.56 Å². The maximum atomic E-state index is 14.1. The minimum atomic E-state index is -0.666. The summed E-state index contributed by atoms with van der Waals surface area (Å²) in [7, 11) is 0. The van der Waals surface area contributed by atoms with Gasteiger partial charge in [-0.1, -0.05) is 30.3 Å². The van der Waals surface area contributed by atoms with E-state index < -0.39 is 11.9 Å². The number of hydrogen-bond acceptors (Lipinski definition) is 4. The Morgan fingerprint density at radius 1 is 1.16 bits per heavy atom. The molecule has 0 aliphatic rings. The van der Waals surface area contributed by atoms with Crippen LogP contribution >= 0.6 is 0 Å². The van der Waals surface area contributed by atoms with Gasteiger partial charge in [0.2, 0.25) is 0 Å². The van der Waals surface area contributed by atoms with Crippen molar-refractivity contribution in [1.82, 2.24) is 4.98 Å². The number of nitrogens with one attached hydrogen (secondary N) is 1. The average molecular weight is 337 g/mol. The minimum Gasteiger partial charge on any atom is -0.454 e. The lowest BCUT2D eigenvalue weighted by atomic mass is 10.2. The molecule has 3 rings (SSSR count). The number of amides is 1. The molecule has 0 fully saturated rings. The van der Waals surface area contributed by atoms with Gasteiger partial charge in [0.1, 0.15) is 12.4 Å². The lowest BCUT2D eigenvalue weighted by Crippen LogP contribution is -2.13. The zero-order valence-electron chi connectivity index (χ0n) is 13.1. The van der Waals surface area contributed by atoms with Crippen molar-refractivity contribution in [3.63, 3.8) is 0 Å². The van der Waals surface area contributed by atoms with Gasteiger partial charge >= 0.3 is 6.09 Å². The summed E-state index contributed by atoms with van der Waals surface area (Å²) in [4.78, 5) is 15.5. The molecule has 3 aromatic rings. The number of ether oxygens (including phenoxy) is 2. The summed E-state index contributed by atoms with van der Waals surface area (Å²) >= 11 is 0. The third kappa shape index (κ3) is 4.78. The molecule has 1 amide bonds. The highest BCUT2D eigenvalue weighted by Gasteiger charge is 2.09. The lowest BCUT2D eigenvalue weighted by Gasteiger charge is -2.10. The summed E-state index contributed by atoms with van der Waals surface area (Å²) in [6, 6.07) is 16.4. The van der Waals surface area contributed by atoms with Crippen LogP contribution in [0.25, 0.3) is 0 Å². The monoisotopic (exact) mass is 337 g/mol. The largest absolute Gasteiger partial charge is 0.454 e. The molecule has 1 heterocycles. The van der Waals surface area contributed by atoms with E-state index in [-0.39, 0.29) is 18.0 Å². The third-order valence-electron chi connectivity index (χ3n) is 3.21. The van der Waals surface area contributed by atoms with E-state index in [1.165, 1.54) is 24.4 Å². The van der Waals surface area contributed by atoms with Crippen molar-refractivity contribution in [3.8, 4) is 11.5 Å². The molecule has 1 N–H and O–H groups in total. The quantitative estimate of drug-likeness (QED) is 0.741. The van der Waals surface area contributed by atoms with E-state index in [0.717, 1.165) is 11.6 Å². The molecule has 0 bridgehead atoms. The number of carbonyl (C=O) groups excluding carboxylic acids is 1. The van der Waals surface area contributed by atoms with Gasteiger partial charge < -0.3 is 9.47 Å². The molecule has 0 aliphatic heterocycles. The van der Waals surface area contributed by atoms with E-state index in [4.69, 9.17) is 9.47 Å². The molecule has 5 nitrogen and oxygen atoms in total. The maximum absolute atomic E-state index is 14.1. The van der Waals surface area contributed by atoms with Crippen molar-refractivity contribution < 1.29 is 18.7 Å². The molecule has 0 unspecified atom stereocenters. The maximum Gasteiger partial charge on any atom is 0.411 e. The predicted octanol–water partition coefficient (Wildman–Crippen LogP) is 4.56. The van der Waals surface area contributed by atoms with Gasteiger partial charge in [0, 0.05) is 24.0 Å². The molecule has 125 valence electrons. The van der Waals surface area contributed by atoms with Crippen LogP contribution in [0.15, 0.2) is 66.9 Å². The van der Waals surface area contributed by atoms with Crippen LogP contribution < -0.4 is 10.1 Å². The molecule has 2 aromatic carbocycles. The first-order chi connectivity index (χ1) is 12.2. The molecule has 1 aromatic heterocycles. The van der Waals surface area contributed by atoms with Gasteiger partial charge in [-0.05, 0) is 23.8 Å². The van der Waals surface area contributed by atoms with E-state index in [9.17, 15) is 9.18 Å². The second kappa shape index (κ2) is 7.92. The summed E-state index contributed by atoms with van der Waals surface area (Å²) in [6.45, 7) is 0.134. The number of hydrogen-bond donors (Lipinski definition) is 1. The number of anilines is 1. The van der Waals surface area contributed by atoms with E-state index in [2.05, 4.69) is 16.5 Å². The second-order valence-electron chi connectivity index (χ2n) is 5.05. The van der Waals surface area contributed by atoms with E-state index in [1.807, 2.05) is 30.3 Å². The molecule has 0 spiro atoms. The van der Waals surface area contributed by atoms with Crippen molar-refractivity contribution in [2.24, 2.45) is 0 Å². The van der Waals surface area contributed by atoms with Crippen molar-refractivity contribution in [2.45, 2.75) is 6.61 Å². The molecular weight excluding hydrogens is 323 g/mol. The highest BCUT2D eigenvalue weighted by molar-refractivity contribution is 5.84. The number of halogens is 1. The van der Waals surface area contributed by atoms with Gasteiger partial charge in [-0.25, -0.2) is 9.18 Å². The molecule has 1 radical (unpaired) electrons. The van der Waals surface area contributed by atoms with Crippen LogP contribution in [0.5, 0.6) is 11.5 Å². The number of benzene rings is 2. The SMILES string of the molecule is O=C(Nc1ccc(Oc2c[c]ncc2)c(F)c1)OCc1ccccc1. The Morgan fingerprint density at radius 3 is 2.72 bits per heavy atom. The number of pyridine rings is 1. The first-order valence-corrected chi connectivity index (χ1v) is 7.48. The molecule has 6 heteroatoms. The minimum absolute atomic E-state index is 0.0304. The van der Waals surface area contributed by atoms with Gasteiger partial charge in [0.15, 0.2) is 11.6 Å². The zero-order valence-corrected chi connectivity index (χ0v) is 13.1. The highest BCUT2D eigenvalue weighted by Crippen LogP contribution is 2.26. The van der Waals surface area contributed by atoms with Crippen LogP contribution in [-0.4, -0.2) is 11.1 Å². The van der Waals surface area contributed by atoms with E-state index >= 15 is 0 Å². The topological polar surface area (TPSA) is 60.5 Å². The summed E-state index contributed by atoms with van der Waals surface area (Å²) in [6.07, 6.45) is 3.42. The molecule has 0 saturated heterocycles. The van der Waals surface area contributed by atoms with Crippen LogP contribution in [0.4, 0.5) is 14.9 Å². The van der Waals surface area contributed by atoms with Crippen LogP contribution in [-0.2, 0) is 11.3 Å². The first-order valence-electron chi connectivity index (χ1n) is 7.48. The standard InChI is InChI=1S/C19H14FN2O3/c20-17-12-15(6-7-18(17)25-16-8-10-21-11-9-16)22-19(23)24-13-14-4-2-1-3-5-14/h1-10,12H,13H2,(H,22,23). The smallest absolute Gasteiger partial charge is 0.411 e. The molecule has 0 saturated carbocycles. The van der Waals surface area contributed by atoms with Crippen molar-refractivity contribution >= 4 is 11.8 Å². The third-order valence-corrected chi connectivity index (χ3v) is 3.21. The predicted molar refractivity (Wildman–Crippen MR) is 89.8 cm³/mol. The lowest BCUT2D eigenvalue weighted by molar-refractivity contribution is 0.155. The Labute approximate surface area is 144 Å². The van der Waals surface area contributed by atoms with E-state index in [1.54, 1.807) is 6.07 Å². The highest BCUT2D eigenvalue weighted by atomic mass is 19.1. The summed E-state index contributed by atoms with van der Waals surface area (Å²) < 4.78 is 24.6. The summed E-state index contributed by atoms with van der Waals surface area (Å²) in [5.41, 5.74) is 1.13. The van der Waals surface area contributed by atoms with Crippen LogP contribution in [0.3, 0.4) is 0 Å². The number of carbonyl (C=O) groups is 1. The summed E-state index contributed by atoms with van der Waals surface area (Å²) in [5.74, 6) is -0.169. The van der Waals surface area contributed by atoms with Gasteiger partial charge in [-0.3, -0.25) is 10.3 Å². The van der Waals surface area contributed by atoms with Crippen molar-refractivity contribution in [2.75, 3.05) is 5.32 Å². The fraction of sp³-hybridized carbons (Fsp3) is 0.0526. The first kappa shape index (κ1) is 16.4. The Kier molecular flexibility index (Phi) is 5.21. The Morgan fingerprint density at radius 2 is 2.00 bits per heavy atom. The van der Waals surface area contributed by atoms with Gasteiger partial charge in [0.25, 0.3) is 0 Å². The van der Waals surface area contributed by atoms with Crippen molar-refractivity contribution in [1.29, 1.82) is 0 Å². The molecule has 0 aliphatic carbocycles. The zero-order chi connectivity index (χ0) is 17.5. The van der Waals surface area contributed by atoms with E-state index in [0.29, 0.717) is 5.75 Å². The average Bonchev–Trinajstić information content (AvgIpc) is 2.64. The molecule has 0 atom stereocenters. The summed E-state index contributed by atoms with van der Waals surface area (Å²) in [5, 5.41) is 2.47. The fourth-order valence-corrected chi connectivity index (χ4v) is 2.03. The van der Waals surface area contributed by atoms with Crippen LogP contribution in [0, 0.1) is 12.0 Å². The van der Waals surface area contributed by atoms with Crippen molar-refractivity contribution in [3.05, 3.63) is 84.4 Å². The van der Waals surface area contributed by atoms with Gasteiger partial charge in [-0.2, -0.15) is 0 Å². The van der Waals surface area contributed by atoms with Crippen LogP contribution in [0.2, 0.25) is 0 Å². The van der Waals surface area contributed by atoms with Gasteiger partial charge in [-0.15, -0.1) is 0 Å². The second-order valence-corrected chi connectivity index (χ2v) is 5.05. The number of rotatable bonds is 5. The number of nitrogens with zero attached hydrogens (tertiary/aromatic N) is 1. The van der Waals surface area contributed by atoms with Gasteiger partial charge in [0.05, 0.1) is 6.20 Å². The molecular formula is C19H14FN2O3. The Bertz CT molecular complexity index is 842. The Hall–Kier alpha value is -3.41. The Balaban J connectivity index is 1.58.